The van der Waals surface area contributed by atoms with E-state index in [9.17, 15) is 8.42 Å². The maximum atomic E-state index is 12.7. The lowest BCUT2D eigenvalue weighted by Gasteiger charge is -2.14. The Morgan fingerprint density at radius 1 is 1.38 bits per heavy atom. The molecule has 0 aromatic carbocycles. The normalized spacial score (nSPS) is 20.2. The molecule has 120 valence electrons. The van der Waals surface area contributed by atoms with Crippen LogP contribution in [0.2, 0.25) is 0 Å². The fraction of sp³-hybridized carbons (Fsp3) is 0.733. The van der Waals surface area contributed by atoms with Gasteiger partial charge in [0.05, 0.1) is 0 Å². The van der Waals surface area contributed by atoms with E-state index in [2.05, 4.69) is 19.2 Å². The van der Waals surface area contributed by atoms with Gasteiger partial charge >= 0.3 is 0 Å². The maximum absolute atomic E-state index is 12.7. The van der Waals surface area contributed by atoms with Crippen molar-refractivity contribution in [1.29, 1.82) is 0 Å². The molecule has 0 radical (unpaired) electrons. The maximum Gasteiger partial charge on any atom is 0.244 e. The highest BCUT2D eigenvalue weighted by Crippen LogP contribution is 2.25. The van der Waals surface area contributed by atoms with E-state index in [0.29, 0.717) is 30.4 Å². The zero-order valence-electron chi connectivity index (χ0n) is 13.3. The van der Waals surface area contributed by atoms with E-state index in [0.717, 1.165) is 31.6 Å². The monoisotopic (exact) mass is 313 g/mol. The third kappa shape index (κ3) is 3.67. The zero-order chi connectivity index (χ0) is 15.5. The molecule has 1 unspecified atom stereocenters. The Morgan fingerprint density at radius 2 is 2.14 bits per heavy atom. The Hall–Kier alpha value is -0.850. The lowest BCUT2D eigenvalue weighted by atomic mass is 10.2. The Bertz CT molecular complexity index is 565. The minimum absolute atomic E-state index is 0.437. The number of aromatic nitrogens is 1. The quantitative estimate of drug-likeness (QED) is 0.784. The minimum atomic E-state index is -3.33. The molecule has 6 heteroatoms. The first kappa shape index (κ1) is 16.5. The van der Waals surface area contributed by atoms with Gasteiger partial charge in [-0.1, -0.05) is 13.8 Å². The fourth-order valence-corrected chi connectivity index (χ4v) is 4.40. The topological polar surface area (TPSA) is 54.3 Å². The number of sulfonamides is 1. The van der Waals surface area contributed by atoms with E-state index in [4.69, 9.17) is 0 Å². The highest BCUT2D eigenvalue weighted by atomic mass is 32.2. The summed E-state index contributed by atoms with van der Waals surface area (Å²) in [5.74, 6) is 0.457. The molecule has 1 aliphatic rings. The average molecular weight is 313 g/mol. The van der Waals surface area contributed by atoms with E-state index < -0.39 is 10.0 Å². The van der Waals surface area contributed by atoms with Crippen molar-refractivity contribution in [2.75, 3.05) is 19.6 Å². The minimum Gasteiger partial charge on any atom is -0.349 e. The van der Waals surface area contributed by atoms with Gasteiger partial charge in [-0.05, 0) is 38.3 Å². The van der Waals surface area contributed by atoms with Gasteiger partial charge < -0.3 is 9.88 Å². The molecule has 0 bridgehead atoms. The van der Waals surface area contributed by atoms with Crippen LogP contribution in [0.5, 0.6) is 0 Å². The van der Waals surface area contributed by atoms with Crippen LogP contribution in [0.25, 0.3) is 0 Å². The molecule has 0 amide bonds. The van der Waals surface area contributed by atoms with Crippen LogP contribution in [-0.2, 0) is 23.1 Å². The second kappa shape index (κ2) is 6.94. The van der Waals surface area contributed by atoms with Gasteiger partial charge in [-0.3, -0.25) is 0 Å². The predicted molar refractivity (Wildman–Crippen MR) is 84.6 cm³/mol. The molecule has 1 atom stereocenters. The van der Waals surface area contributed by atoms with E-state index in [1.807, 2.05) is 17.6 Å². The van der Waals surface area contributed by atoms with Gasteiger partial charge in [0.25, 0.3) is 0 Å². The average Bonchev–Trinajstić information content (AvgIpc) is 3.06. The number of nitrogens with zero attached hydrogens (tertiary/aromatic N) is 2. The van der Waals surface area contributed by atoms with Crippen molar-refractivity contribution in [2.24, 2.45) is 5.92 Å². The third-order valence-corrected chi connectivity index (χ3v) is 5.89. The molecule has 0 aliphatic carbocycles. The zero-order valence-corrected chi connectivity index (χ0v) is 14.1. The Balaban J connectivity index is 2.19. The lowest BCUT2D eigenvalue weighted by molar-refractivity contribution is 0.464. The van der Waals surface area contributed by atoms with E-state index in [-0.39, 0.29) is 0 Å². The van der Waals surface area contributed by atoms with Crippen molar-refractivity contribution < 1.29 is 8.42 Å². The summed E-state index contributed by atoms with van der Waals surface area (Å²) in [6.45, 7) is 10.00. The molecule has 1 fully saturated rings. The van der Waals surface area contributed by atoms with Gasteiger partial charge in [0.1, 0.15) is 4.90 Å². The van der Waals surface area contributed by atoms with Crippen LogP contribution in [0.15, 0.2) is 17.2 Å². The van der Waals surface area contributed by atoms with Crippen molar-refractivity contribution >= 4 is 10.0 Å². The van der Waals surface area contributed by atoms with Crippen LogP contribution in [0, 0.1) is 5.92 Å². The predicted octanol–water partition coefficient (Wildman–Crippen LogP) is 2.04. The first-order chi connectivity index (χ1) is 9.98. The van der Waals surface area contributed by atoms with E-state index in [1.165, 1.54) is 0 Å². The molecule has 1 aromatic rings. The first-order valence-corrected chi connectivity index (χ1v) is 9.33. The number of nitrogens with one attached hydrogen (secondary N) is 1. The summed E-state index contributed by atoms with van der Waals surface area (Å²) in [7, 11) is -3.33. The first-order valence-electron chi connectivity index (χ1n) is 7.89. The molecule has 0 saturated carbocycles. The van der Waals surface area contributed by atoms with Crippen molar-refractivity contribution in [1.82, 2.24) is 14.2 Å². The Labute approximate surface area is 128 Å². The number of rotatable bonds is 7. The fourth-order valence-electron chi connectivity index (χ4n) is 2.76. The second-order valence-corrected chi connectivity index (χ2v) is 7.82. The van der Waals surface area contributed by atoms with E-state index in [1.54, 1.807) is 10.5 Å². The standard InChI is InChI=1S/C15H27N3O2S/c1-4-7-16-10-14-9-15(12-17(14)5-2)21(19,20)18-8-6-13(3)11-18/h9,12-13,16H,4-8,10-11H2,1-3H3. The molecule has 1 N–H and O–H groups in total. The van der Waals surface area contributed by atoms with Gasteiger partial charge in [-0.15, -0.1) is 0 Å². The van der Waals surface area contributed by atoms with Crippen LogP contribution in [0.1, 0.15) is 39.3 Å². The summed E-state index contributed by atoms with van der Waals surface area (Å²) in [5.41, 5.74) is 1.04. The van der Waals surface area contributed by atoms with Crippen LogP contribution in [-0.4, -0.2) is 36.9 Å². The highest BCUT2D eigenvalue weighted by Gasteiger charge is 2.31. The van der Waals surface area contributed by atoms with Gasteiger partial charge in [0.2, 0.25) is 10.0 Å². The van der Waals surface area contributed by atoms with Crippen LogP contribution in [0.4, 0.5) is 0 Å². The molecule has 2 heterocycles. The highest BCUT2D eigenvalue weighted by molar-refractivity contribution is 7.89. The molecule has 2 rings (SSSR count). The summed E-state index contributed by atoms with van der Waals surface area (Å²) in [6, 6.07) is 1.82. The second-order valence-electron chi connectivity index (χ2n) is 5.89. The molecule has 5 nitrogen and oxygen atoms in total. The van der Waals surface area contributed by atoms with Crippen molar-refractivity contribution in [3.63, 3.8) is 0 Å². The third-order valence-electron chi connectivity index (χ3n) is 4.06. The molecule has 21 heavy (non-hydrogen) atoms. The Morgan fingerprint density at radius 3 is 2.71 bits per heavy atom. The van der Waals surface area contributed by atoms with Gasteiger partial charge in [0.15, 0.2) is 0 Å². The number of hydrogen-bond donors (Lipinski definition) is 1. The molecule has 1 saturated heterocycles. The molecule has 0 spiro atoms. The van der Waals surface area contributed by atoms with Crippen molar-refractivity contribution in [3.8, 4) is 0 Å². The van der Waals surface area contributed by atoms with Crippen LogP contribution in [0.3, 0.4) is 0 Å². The van der Waals surface area contributed by atoms with Crippen molar-refractivity contribution in [2.45, 2.75) is 51.6 Å². The smallest absolute Gasteiger partial charge is 0.244 e. The van der Waals surface area contributed by atoms with Crippen LogP contribution < -0.4 is 5.32 Å². The number of hydrogen-bond acceptors (Lipinski definition) is 3. The largest absolute Gasteiger partial charge is 0.349 e. The summed E-state index contributed by atoms with van der Waals surface area (Å²) in [6.07, 6.45) is 3.81. The summed E-state index contributed by atoms with van der Waals surface area (Å²) < 4.78 is 29.0. The molecule has 1 aromatic heterocycles. The van der Waals surface area contributed by atoms with Gasteiger partial charge in [-0.25, -0.2) is 8.42 Å². The van der Waals surface area contributed by atoms with Gasteiger partial charge in [0, 0.05) is 38.1 Å². The lowest BCUT2D eigenvalue weighted by Crippen LogP contribution is -2.28. The Kier molecular flexibility index (Phi) is 5.46. The van der Waals surface area contributed by atoms with Crippen LogP contribution >= 0.6 is 0 Å². The molecular weight excluding hydrogens is 286 g/mol. The molecule has 1 aliphatic heterocycles. The summed E-state index contributed by atoms with van der Waals surface area (Å²) >= 11 is 0. The van der Waals surface area contributed by atoms with Gasteiger partial charge in [-0.2, -0.15) is 4.31 Å². The molecular formula is C15H27N3O2S. The van der Waals surface area contributed by atoms with Crippen molar-refractivity contribution in [3.05, 3.63) is 18.0 Å². The summed E-state index contributed by atoms with van der Waals surface area (Å²) in [5, 5.41) is 3.34. The SMILES string of the molecule is CCCNCc1cc(S(=O)(=O)N2CCC(C)C2)cn1CC. The number of aryl methyl sites for hydroxylation is 1. The van der Waals surface area contributed by atoms with E-state index >= 15 is 0 Å². The summed E-state index contributed by atoms with van der Waals surface area (Å²) in [4.78, 5) is 0.437.